The van der Waals surface area contributed by atoms with Gasteiger partial charge < -0.3 is 10.4 Å². The average Bonchev–Trinajstić information content (AvgIpc) is 2.72. The van der Waals surface area contributed by atoms with Crippen molar-refractivity contribution in [1.29, 1.82) is 0 Å². The largest absolute Gasteiger partial charge is 0.480 e. The number of carboxylic acid groups (broad SMARTS) is 1. The van der Waals surface area contributed by atoms with Crippen LogP contribution in [0.2, 0.25) is 0 Å². The Bertz CT molecular complexity index is 432. The van der Waals surface area contributed by atoms with Crippen LogP contribution in [-0.2, 0) is 17.0 Å². The van der Waals surface area contributed by atoms with Gasteiger partial charge in [0.05, 0.1) is 4.88 Å². The minimum Gasteiger partial charge on any atom is -0.480 e. The quantitative estimate of drug-likeness (QED) is 0.879. The summed E-state index contributed by atoms with van der Waals surface area (Å²) >= 11 is 3.34. The van der Waals surface area contributed by atoms with Crippen LogP contribution in [0.25, 0.3) is 0 Å². The number of rotatable bonds is 3. The minimum atomic E-state index is -1.02. The Hall–Kier alpha value is -1.01. The first-order valence-electron chi connectivity index (χ1n) is 5.31. The molecule has 1 atom stereocenters. The molecule has 92 valence electrons. The lowest BCUT2D eigenvalue weighted by Gasteiger charge is -2.08. The molecule has 0 aromatic carbocycles. The van der Waals surface area contributed by atoms with Crippen molar-refractivity contribution in [3.8, 4) is 0 Å². The molecule has 4 nitrogen and oxygen atoms in total. The normalized spacial score (nSPS) is 16.1. The van der Waals surface area contributed by atoms with Crippen LogP contribution in [0.4, 0.5) is 0 Å². The van der Waals surface area contributed by atoms with Gasteiger partial charge in [0, 0.05) is 10.6 Å². The summed E-state index contributed by atoms with van der Waals surface area (Å²) < 4.78 is 0. The predicted octanol–water partition coefficient (Wildman–Crippen LogP) is 1.74. The van der Waals surface area contributed by atoms with Crippen LogP contribution in [-0.4, -0.2) is 28.8 Å². The van der Waals surface area contributed by atoms with Crippen molar-refractivity contribution in [2.75, 3.05) is 5.75 Å². The third-order valence-electron chi connectivity index (χ3n) is 2.57. The van der Waals surface area contributed by atoms with Crippen molar-refractivity contribution in [3.63, 3.8) is 0 Å². The Morgan fingerprint density at radius 2 is 2.29 bits per heavy atom. The van der Waals surface area contributed by atoms with Crippen LogP contribution < -0.4 is 5.32 Å². The van der Waals surface area contributed by atoms with Crippen LogP contribution in [0.1, 0.15) is 27.0 Å². The van der Waals surface area contributed by atoms with Crippen molar-refractivity contribution < 1.29 is 14.7 Å². The van der Waals surface area contributed by atoms with E-state index in [0.29, 0.717) is 4.88 Å². The highest BCUT2D eigenvalue weighted by Gasteiger charge is 2.20. The molecule has 0 bridgehead atoms. The fourth-order valence-corrected chi connectivity index (χ4v) is 3.86. The second-order valence-electron chi connectivity index (χ2n) is 3.90. The number of amides is 1. The third kappa shape index (κ3) is 2.81. The summed E-state index contributed by atoms with van der Waals surface area (Å²) in [5.74, 6) is 0.743. The van der Waals surface area contributed by atoms with E-state index in [1.165, 1.54) is 28.7 Å². The SMILES string of the molecule is CC(NC(=O)c1cc2c(s1)CCSC2)C(=O)O. The van der Waals surface area contributed by atoms with Crippen LogP contribution in [0, 0.1) is 0 Å². The zero-order chi connectivity index (χ0) is 12.4. The number of carbonyl (C=O) groups is 2. The molecule has 0 radical (unpaired) electrons. The van der Waals surface area contributed by atoms with Crippen molar-refractivity contribution in [1.82, 2.24) is 5.32 Å². The zero-order valence-corrected chi connectivity index (χ0v) is 11.0. The maximum atomic E-state index is 11.8. The number of fused-ring (bicyclic) bond motifs is 1. The number of hydrogen-bond donors (Lipinski definition) is 2. The molecule has 1 amide bonds. The van der Waals surface area contributed by atoms with Crippen molar-refractivity contribution in [2.45, 2.75) is 25.1 Å². The van der Waals surface area contributed by atoms with Crippen LogP contribution in [0.3, 0.4) is 0 Å². The molecule has 0 saturated carbocycles. The maximum absolute atomic E-state index is 11.8. The van der Waals surface area contributed by atoms with Gasteiger partial charge >= 0.3 is 5.97 Å². The van der Waals surface area contributed by atoms with Crippen LogP contribution in [0.5, 0.6) is 0 Å². The molecule has 0 spiro atoms. The number of hydrogen-bond acceptors (Lipinski definition) is 4. The average molecular weight is 271 g/mol. The van der Waals surface area contributed by atoms with Gasteiger partial charge in [0.25, 0.3) is 5.91 Å². The molecule has 1 aromatic heterocycles. The summed E-state index contributed by atoms with van der Waals surface area (Å²) in [6.45, 7) is 1.46. The molecular weight excluding hydrogens is 258 g/mol. The van der Waals surface area contributed by atoms with Crippen molar-refractivity contribution in [3.05, 3.63) is 21.4 Å². The van der Waals surface area contributed by atoms with Gasteiger partial charge in [-0.3, -0.25) is 9.59 Å². The monoisotopic (exact) mass is 271 g/mol. The van der Waals surface area contributed by atoms with E-state index in [4.69, 9.17) is 5.11 Å². The number of aliphatic carboxylic acids is 1. The minimum absolute atomic E-state index is 0.288. The van der Waals surface area contributed by atoms with E-state index in [-0.39, 0.29) is 5.91 Å². The highest BCUT2D eigenvalue weighted by atomic mass is 32.2. The number of aryl methyl sites for hydroxylation is 1. The van der Waals surface area contributed by atoms with Crippen molar-refractivity contribution in [2.24, 2.45) is 0 Å². The molecule has 0 aliphatic carbocycles. The molecule has 2 N–H and O–H groups in total. The van der Waals surface area contributed by atoms with Gasteiger partial charge in [-0.2, -0.15) is 11.8 Å². The lowest BCUT2D eigenvalue weighted by atomic mass is 10.2. The molecule has 17 heavy (non-hydrogen) atoms. The number of carbonyl (C=O) groups excluding carboxylic acids is 1. The first kappa shape index (κ1) is 12.4. The van der Waals surface area contributed by atoms with E-state index in [2.05, 4.69) is 5.32 Å². The summed E-state index contributed by atoms with van der Waals surface area (Å²) in [7, 11) is 0. The van der Waals surface area contributed by atoms with Gasteiger partial charge in [-0.25, -0.2) is 0 Å². The fourth-order valence-electron chi connectivity index (χ4n) is 1.59. The first-order chi connectivity index (χ1) is 8.08. The molecule has 1 aliphatic heterocycles. The molecule has 0 saturated heterocycles. The maximum Gasteiger partial charge on any atom is 0.325 e. The van der Waals surface area contributed by atoms with Gasteiger partial charge in [-0.1, -0.05) is 0 Å². The van der Waals surface area contributed by atoms with Gasteiger partial charge in [0.1, 0.15) is 6.04 Å². The fraction of sp³-hybridized carbons (Fsp3) is 0.455. The summed E-state index contributed by atoms with van der Waals surface area (Å²) in [6, 6.07) is 1.03. The number of thiophene rings is 1. The highest BCUT2D eigenvalue weighted by molar-refractivity contribution is 7.98. The summed E-state index contributed by atoms with van der Waals surface area (Å²) in [5.41, 5.74) is 1.22. The number of thioether (sulfide) groups is 1. The summed E-state index contributed by atoms with van der Waals surface area (Å²) in [4.78, 5) is 24.3. The summed E-state index contributed by atoms with van der Waals surface area (Å²) in [5, 5.41) is 11.2. The second kappa shape index (κ2) is 5.10. The van der Waals surface area contributed by atoms with Gasteiger partial charge in [-0.05, 0) is 30.7 Å². The Morgan fingerprint density at radius 1 is 1.53 bits per heavy atom. The molecule has 2 heterocycles. The van der Waals surface area contributed by atoms with Gasteiger partial charge in [0.2, 0.25) is 0 Å². The lowest BCUT2D eigenvalue weighted by molar-refractivity contribution is -0.138. The third-order valence-corrected chi connectivity index (χ3v) is 4.81. The lowest BCUT2D eigenvalue weighted by Crippen LogP contribution is -2.37. The molecule has 6 heteroatoms. The highest BCUT2D eigenvalue weighted by Crippen LogP contribution is 2.31. The first-order valence-corrected chi connectivity index (χ1v) is 7.28. The molecule has 1 unspecified atom stereocenters. The number of nitrogens with one attached hydrogen (secondary N) is 1. The molecule has 2 rings (SSSR count). The van der Waals surface area contributed by atoms with E-state index in [9.17, 15) is 9.59 Å². The standard InChI is InChI=1S/C11H13NO3S2/c1-6(11(14)15)12-10(13)9-4-7-5-16-3-2-8(7)17-9/h4,6H,2-3,5H2,1H3,(H,12,13)(H,14,15). The predicted molar refractivity (Wildman–Crippen MR) is 68.7 cm³/mol. The van der Waals surface area contributed by atoms with Crippen LogP contribution >= 0.6 is 23.1 Å². The summed E-state index contributed by atoms with van der Waals surface area (Å²) in [6.07, 6.45) is 1.01. The Balaban J connectivity index is 2.09. The second-order valence-corrected chi connectivity index (χ2v) is 6.14. The number of carboxylic acids is 1. The molecule has 1 aromatic rings. The Kier molecular flexibility index (Phi) is 3.73. The molecular formula is C11H13NO3S2. The van der Waals surface area contributed by atoms with Gasteiger partial charge in [-0.15, -0.1) is 11.3 Å². The van der Waals surface area contributed by atoms with E-state index >= 15 is 0 Å². The van der Waals surface area contributed by atoms with E-state index < -0.39 is 12.0 Å². The van der Waals surface area contributed by atoms with E-state index in [1.807, 2.05) is 17.8 Å². The van der Waals surface area contributed by atoms with Gasteiger partial charge in [0.15, 0.2) is 0 Å². The zero-order valence-electron chi connectivity index (χ0n) is 9.36. The Labute approximate surface area is 107 Å². The van der Waals surface area contributed by atoms with E-state index in [0.717, 1.165) is 17.9 Å². The molecule has 1 aliphatic rings. The van der Waals surface area contributed by atoms with Crippen molar-refractivity contribution >= 4 is 35.0 Å². The topological polar surface area (TPSA) is 66.4 Å². The smallest absolute Gasteiger partial charge is 0.325 e. The Morgan fingerprint density at radius 3 is 2.94 bits per heavy atom. The molecule has 0 fully saturated rings. The van der Waals surface area contributed by atoms with E-state index in [1.54, 1.807) is 0 Å². The van der Waals surface area contributed by atoms with Crippen LogP contribution in [0.15, 0.2) is 6.07 Å².